The van der Waals surface area contributed by atoms with Crippen LogP contribution in [0.4, 0.5) is 0 Å². The molecular formula is C27H28N2O3. The van der Waals surface area contributed by atoms with Gasteiger partial charge in [0.2, 0.25) is 5.72 Å². The summed E-state index contributed by atoms with van der Waals surface area (Å²) in [4.78, 5) is 0. The summed E-state index contributed by atoms with van der Waals surface area (Å²) in [5, 5.41) is 9.92. The van der Waals surface area contributed by atoms with Gasteiger partial charge in [-0.2, -0.15) is 5.10 Å². The van der Waals surface area contributed by atoms with Crippen LogP contribution in [0.1, 0.15) is 50.3 Å². The third-order valence-corrected chi connectivity index (χ3v) is 6.98. The topological polar surface area (TPSA) is 43.3 Å². The van der Waals surface area contributed by atoms with Gasteiger partial charge in [-0.25, -0.2) is 5.01 Å². The SMILES string of the molecule is COc1cccc2c1OC1(CCOC(C)(C)C1)N1N=C(c3ccc4ccccc4c3)CC21. The van der Waals surface area contributed by atoms with Gasteiger partial charge in [-0.3, -0.25) is 0 Å². The predicted molar refractivity (Wildman–Crippen MR) is 125 cm³/mol. The standard InChI is InChI=1S/C27H28N2O3/c1-26(2)17-27(13-14-31-26)29-23(21-9-6-10-24(30-3)25(21)32-27)16-22(28-29)20-12-11-18-7-4-5-8-19(18)15-20/h4-12,15,23H,13-14,16-17H2,1-3H3. The van der Waals surface area contributed by atoms with Crippen LogP contribution in [0.2, 0.25) is 0 Å². The maximum absolute atomic E-state index is 6.80. The molecule has 0 bridgehead atoms. The Morgan fingerprint density at radius 3 is 2.69 bits per heavy atom. The molecule has 5 heteroatoms. The first-order valence-electron chi connectivity index (χ1n) is 11.3. The lowest BCUT2D eigenvalue weighted by Crippen LogP contribution is -2.60. The van der Waals surface area contributed by atoms with E-state index in [-0.39, 0.29) is 11.6 Å². The number of hydrogen-bond donors (Lipinski definition) is 0. The van der Waals surface area contributed by atoms with Crippen LogP contribution in [0.25, 0.3) is 10.8 Å². The minimum atomic E-state index is -0.549. The fourth-order valence-corrected chi connectivity index (χ4v) is 5.55. The number of nitrogens with zero attached hydrogens (tertiary/aromatic N) is 2. The lowest BCUT2D eigenvalue weighted by molar-refractivity contribution is -0.212. The molecule has 1 saturated heterocycles. The summed E-state index contributed by atoms with van der Waals surface area (Å²) in [6, 6.07) is 21.4. The monoisotopic (exact) mass is 428 g/mol. The molecule has 3 aromatic carbocycles. The molecule has 0 N–H and O–H groups in total. The molecule has 0 saturated carbocycles. The van der Waals surface area contributed by atoms with E-state index in [0.717, 1.165) is 42.0 Å². The van der Waals surface area contributed by atoms with Crippen LogP contribution < -0.4 is 9.47 Å². The van der Waals surface area contributed by atoms with Crippen LogP contribution in [0.15, 0.2) is 65.8 Å². The Kier molecular flexibility index (Phi) is 4.28. The van der Waals surface area contributed by atoms with Crippen LogP contribution in [0, 0.1) is 0 Å². The van der Waals surface area contributed by atoms with Crippen LogP contribution in [-0.2, 0) is 4.74 Å². The minimum absolute atomic E-state index is 0.115. The average Bonchev–Trinajstić information content (AvgIpc) is 3.25. The van der Waals surface area contributed by atoms with Crippen molar-refractivity contribution >= 4 is 16.5 Å². The lowest BCUT2D eigenvalue weighted by atomic mass is 9.86. The minimum Gasteiger partial charge on any atom is -0.493 e. The molecule has 164 valence electrons. The number of para-hydroxylation sites is 1. The summed E-state index contributed by atoms with van der Waals surface area (Å²) in [5.74, 6) is 1.63. The largest absolute Gasteiger partial charge is 0.493 e. The van der Waals surface area contributed by atoms with Crippen LogP contribution >= 0.6 is 0 Å². The highest BCUT2D eigenvalue weighted by molar-refractivity contribution is 6.04. The summed E-state index contributed by atoms with van der Waals surface area (Å²) in [6.45, 7) is 4.91. The van der Waals surface area contributed by atoms with Crippen molar-refractivity contribution in [2.45, 2.75) is 50.5 Å². The summed E-state index contributed by atoms with van der Waals surface area (Å²) in [5.41, 5.74) is 2.57. The summed E-state index contributed by atoms with van der Waals surface area (Å²) in [6.07, 6.45) is 2.34. The normalized spacial score (nSPS) is 25.8. The van der Waals surface area contributed by atoms with Gasteiger partial charge < -0.3 is 14.2 Å². The van der Waals surface area contributed by atoms with Crippen LogP contribution in [0.3, 0.4) is 0 Å². The van der Waals surface area contributed by atoms with Crippen molar-refractivity contribution in [1.82, 2.24) is 5.01 Å². The van der Waals surface area contributed by atoms with E-state index in [9.17, 15) is 0 Å². The first-order valence-corrected chi connectivity index (χ1v) is 11.3. The molecule has 3 aliphatic rings. The fourth-order valence-electron chi connectivity index (χ4n) is 5.55. The summed E-state index contributed by atoms with van der Waals surface area (Å²) in [7, 11) is 1.71. The van der Waals surface area contributed by atoms with Crippen molar-refractivity contribution in [1.29, 1.82) is 0 Å². The molecule has 32 heavy (non-hydrogen) atoms. The van der Waals surface area contributed by atoms with Crippen molar-refractivity contribution in [3.8, 4) is 11.5 Å². The van der Waals surface area contributed by atoms with Gasteiger partial charge in [-0.15, -0.1) is 0 Å². The predicted octanol–water partition coefficient (Wildman–Crippen LogP) is 5.68. The average molecular weight is 429 g/mol. The molecular weight excluding hydrogens is 400 g/mol. The second-order valence-corrected chi connectivity index (χ2v) is 9.63. The molecule has 1 spiro atoms. The van der Waals surface area contributed by atoms with Crippen molar-refractivity contribution in [3.63, 3.8) is 0 Å². The van der Waals surface area contributed by atoms with Gasteiger partial charge in [0.25, 0.3) is 0 Å². The highest BCUT2D eigenvalue weighted by atomic mass is 16.6. The lowest BCUT2D eigenvalue weighted by Gasteiger charge is -2.52. The van der Waals surface area contributed by atoms with Crippen molar-refractivity contribution in [2.75, 3.05) is 13.7 Å². The zero-order valence-electron chi connectivity index (χ0n) is 18.8. The molecule has 0 amide bonds. The van der Waals surface area contributed by atoms with Gasteiger partial charge in [0.05, 0.1) is 31.1 Å². The molecule has 1 fully saturated rings. The van der Waals surface area contributed by atoms with Crippen LogP contribution in [0.5, 0.6) is 11.5 Å². The number of rotatable bonds is 2. The van der Waals surface area contributed by atoms with E-state index in [1.165, 1.54) is 16.3 Å². The van der Waals surface area contributed by atoms with Gasteiger partial charge in [-0.1, -0.05) is 48.5 Å². The van der Waals surface area contributed by atoms with Gasteiger partial charge in [-0.05, 0) is 42.3 Å². The molecule has 0 aliphatic carbocycles. The molecule has 6 rings (SSSR count). The molecule has 0 radical (unpaired) electrons. The first-order chi connectivity index (χ1) is 15.5. The Labute approximate surface area is 188 Å². The zero-order valence-corrected chi connectivity index (χ0v) is 18.8. The van der Waals surface area contributed by atoms with Gasteiger partial charge in [0.15, 0.2) is 11.5 Å². The van der Waals surface area contributed by atoms with Gasteiger partial charge >= 0.3 is 0 Å². The second-order valence-electron chi connectivity index (χ2n) is 9.63. The van der Waals surface area contributed by atoms with E-state index in [2.05, 4.69) is 67.4 Å². The number of ether oxygens (including phenoxy) is 3. The molecule has 3 heterocycles. The Morgan fingerprint density at radius 2 is 1.88 bits per heavy atom. The maximum atomic E-state index is 6.80. The number of hydrogen-bond acceptors (Lipinski definition) is 5. The van der Waals surface area contributed by atoms with E-state index >= 15 is 0 Å². The zero-order chi connectivity index (χ0) is 21.9. The molecule has 5 nitrogen and oxygen atoms in total. The van der Waals surface area contributed by atoms with Crippen molar-refractivity contribution in [2.24, 2.45) is 5.10 Å². The third kappa shape index (κ3) is 2.99. The summed E-state index contributed by atoms with van der Waals surface area (Å²) >= 11 is 0. The second kappa shape index (κ2) is 6.97. The van der Waals surface area contributed by atoms with E-state index in [1.54, 1.807) is 7.11 Å². The van der Waals surface area contributed by atoms with E-state index in [0.29, 0.717) is 6.61 Å². The maximum Gasteiger partial charge on any atom is 0.203 e. The first kappa shape index (κ1) is 19.6. The molecule has 2 atom stereocenters. The summed E-state index contributed by atoms with van der Waals surface area (Å²) < 4.78 is 18.6. The Bertz CT molecular complexity index is 1230. The Hall–Kier alpha value is -3.05. The molecule has 0 aromatic heterocycles. The number of hydrazone groups is 1. The third-order valence-electron chi connectivity index (χ3n) is 6.98. The van der Waals surface area contributed by atoms with E-state index < -0.39 is 5.72 Å². The molecule has 3 aromatic rings. The van der Waals surface area contributed by atoms with Gasteiger partial charge in [0, 0.05) is 24.8 Å². The molecule has 2 unspecified atom stereocenters. The highest BCUT2D eigenvalue weighted by Gasteiger charge is 2.55. The Morgan fingerprint density at radius 1 is 1.03 bits per heavy atom. The number of benzene rings is 3. The van der Waals surface area contributed by atoms with Crippen molar-refractivity contribution in [3.05, 3.63) is 71.8 Å². The van der Waals surface area contributed by atoms with Gasteiger partial charge in [0.1, 0.15) is 0 Å². The van der Waals surface area contributed by atoms with Crippen LogP contribution in [-0.4, -0.2) is 35.8 Å². The Balaban J connectivity index is 1.48. The number of fused-ring (bicyclic) bond motifs is 5. The molecule has 3 aliphatic heterocycles. The smallest absolute Gasteiger partial charge is 0.203 e. The highest BCUT2D eigenvalue weighted by Crippen LogP contribution is 2.54. The van der Waals surface area contributed by atoms with E-state index in [4.69, 9.17) is 19.3 Å². The fraction of sp³-hybridized carbons (Fsp3) is 0.370. The quantitative estimate of drug-likeness (QED) is 0.527. The van der Waals surface area contributed by atoms with Crippen molar-refractivity contribution < 1.29 is 14.2 Å². The number of methoxy groups -OCH3 is 1. The van der Waals surface area contributed by atoms with E-state index in [1.807, 2.05) is 12.1 Å².